The number of nitrogens with zero attached hydrogens (tertiary/aromatic N) is 1. The van der Waals surface area contributed by atoms with Gasteiger partial charge in [0.1, 0.15) is 0 Å². The van der Waals surface area contributed by atoms with Crippen molar-refractivity contribution >= 4 is 24.7 Å². The molecule has 2 rings (SSSR count). The number of cyclic esters (lactones) is 1. The quantitative estimate of drug-likeness (QED) is 0.296. The lowest BCUT2D eigenvalue weighted by molar-refractivity contribution is -0.384. The van der Waals surface area contributed by atoms with Crippen LogP contribution in [-0.4, -0.2) is 39.1 Å². The number of fused-ring (bicyclic) bond motifs is 1. The van der Waals surface area contributed by atoms with Gasteiger partial charge in [0.2, 0.25) is 0 Å². The average molecular weight is 295 g/mol. The molecule has 2 atom stereocenters. The van der Waals surface area contributed by atoms with Crippen molar-refractivity contribution in [2.24, 2.45) is 5.92 Å². The van der Waals surface area contributed by atoms with Crippen LogP contribution < -0.4 is 0 Å². The molecule has 0 amide bonds. The van der Waals surface area contributed by atoms with Crippen molar-refractivity contribution in [2.75, 3.05) is 0 Å². The number of benzene rings is 1. The summed E-state index contributed by atoms with van der Waals surface area (Å²) in [6, 6.07) is 3.04. The molecule has 0 spiro atoms. The number of aliphatic carboxylic acids is 1. The van der Waals surface area contributed by atoms with E-state index in [2.05, 4.69) is 0 Å². The lowest BCUT2D eigenvalue weighted by atomic mass is 9.58. The van der Waals surface area contributed by atoms with E-state index in [0.717, 1.165) is 25.1 Å². The molecule has 3 N–H and O–H groups in total. The molecular formula is C11H10BNO8. The number of carboxylic acid groups (broad SMARTS) is 1. The maximum Gasteiger partial charge on any atom is 0.504 e. The van der Waals surface area contributed by atoms with Crippen LogP contribution in [0.15, 0.2) is 18.2 Å². The average Bonchev–Trinajstić information content (AvgIpc) is 2.71. The molecule has 0 saturated heterocycles. The Balaban J connectivity index is 2.68. The molecule has 0 fully saturated rings. The first kappa shape index (κ1) is 14.9. The van der Waals surface area contributed by atoms with Gasteiger partial charge in [-0.3, -0.25) is 14.9 Å². The van der Waals surface area contributed by atoms with Crippen molar-refractivity contribution < 1.29 is 34.4 Å². The molecule has 1 aliphatic rings. The number of hydrogen-bond donors (Lipinski definition) is 3. The van der Waals surface area contributed by atoms with Crippen LogP contribution in [0.25, 0.3) is 0 Å². The van der Waals surface area contributed by atoms with Gasteiger partial charge >= 0.3 is 19.1 Å². The van der Waals surface area contributed by atoms with Crippen LogP contribution in [0.3, 0.4) is 0 Å². The number of hydrogen-bond acceptors (Lipinski definition) is 7. The summed E-state index contributed by atoms with van der Waals surface area (Å²) >= 11 is 0. The van der Waals surface area contributed by atoms with Crippen molar-refractivity contribution in [3.8, 4) is 0 Å². The minimum absolute atomic E-state index is 0.108. The van der Waals surface area contributed by atoms with Gasteiger partial charge in [0, 0.05) is 17.7 Å². The highest BCUT2D eigenvalue weighted by molar-refractivity contribution is 6.46. The number of carboxylic acids is 1. The second-order valence-electron chi connectivity index (χ2n) is 4.60. The molecule has 0 saturated carbocycles. The third-order valence-corrected chi connectivity index (χ3v) is 3.51. The van der Waals surface area contributed by atoms with Gasteiger partial charge in [-0.25, -0.2) is 4.79 Å². The van der Waals surface area contributed by atoms with E-state index in [1.54, 1.807) is 0 Å². The number of nitro groups is 1. The van der Waals surface area contributed by atoms with E-state index in [-0.39, 0.29) is 11.1 Å². The molecule has 1 aromatic rings. The zero-order chi connectivity index (χ0) is 15.9. The van der Waals surface area contributed by atoms with Crippen molar-refractivity contribution in [1.29, 1.82) is 0 Å². The highest BCUT2D eigenvalue weighted by Crippen LogP contribution is 2.44. The zero-order valence-corrected chi connectivity index (χ0v) is 10.7. The van der Waals surface area contributed by atoms with Crippen LogP contribution in [0, 0.1) is 16.0 Å². The van der Waals surface area contributed by atoms with Crippen LogP contribution >= 0.6 is 0 Å². The van der Waals surface area contributed by atoms with Gasteiger partial charge in [-0.1, -0.05) is 0 Å². The maximum atomic E-state index is 11.8. The molecule has 1 heterocycles. The van der Waals surface area contributed by atoms with E-state index >= 15 is 0 Å². The number of nitro benzene ring substituents is 1. The number of rotatable bonds is 4. The number of carbonyl (C=O) groups is 2. The summed E-state index contributed by atoms with van der Waals surface area (Å²) in [4.78, 5) is 33.0. The Hall–Kier alpha value is -2.46. The van der Waals surface area contributed by atoms with Gasteiger partial charge in [0.05, 0.1) is 16.4 Å². The fourth-order valence-electron chi connectivity index (χ4n) is 2.34. The standard InChI is InChI=1S/C11H10BNO8/c1-5(9(14)15)11(12(17)18)8-3-2-6(13(19)20)4-7(8)10(16)21-11/h2-5,17-18H,1H3,(H,14,15). The van der Waals surface area contributed by atoms with E-state index in [1.165, 1.54) is 0 Å². The van der Waals surface area contributed by atoms with E-state index < -0.39 is 41.1 Å². The van der Waals surface area contributed by atoms with Gasteiger partial charge < -0.3 is 19.9 Å². The first-order valence-electron chi connectivity index (χ1n) is 5.83. The molecular weight excluding hydrogens is 285 g/mol. The summed E-state index contributed by atoms with van der Waals surface area (Å²) in [6.07, 6.45) is 0. The molecule has 0 aliphatic carbocycles. The minimum atomic E-state index is -2.30. The summed E-state index contributed by atoms with van der Waals surface area (Å²) in [7, 11) is -2.30. The van der Waals surface area contributed by atoms with E-state index in [9.17, 15) is 29.8 Å². The number of esters is 1. The topological polar surface area (TPSA) is 147 Å². The lowest BCUT2D eigenvalue weighted by Crippen LogP contribution is -2.51. The third kappa shape index (κ3) is 2.04. The minimum Gasteiger partial charge on any atom is -0.481 e. The van der Waals surface area contributed by atoms with Crippen molar-refractivity contribution in [3.05, 3.63) is 39.4 Å². The largest absolute Gasteiger partial charge is 0.504 e. The summed E-state index contributed by atoms with van der Waals surface area (Å²) in [5.41, 5.74) is -2.96. The molecule has 0 radical (unpaired) electrons. The number of non-ortho nitro benzene ring substituents is 1. The van der Waals surface area contributed by atoms with Crippen LogP contribution in [0.1, 0.15) is 22.8 Å². The molecule has 2 unspecified atom stereocenters. The Labute approximate surface area is 118 Å². The fourth-order valence-corrected chi connectivity index (χ4v) is 2.34. The smallest absolute Gasteiger partial charge is 0.481 e. The molecule has 21 heavy (non-hydrogen) atoms. The summed E-state index contributed by atoms with van der Waals surface area (Å²) in [5, 5.41) is 38.9. The van der Waals surface area contributed by atoms with E-state index in [4.69, 9.17) is 9.84 Å². The second kappa shape index (κ2) is 4.83. The highest BCUT2D eigenvalue weighted by atomic mass is 16.6. The van der Waals surface area contributed by atoms with Gasteiger partial charge in [-0.05, 0) is 13.0 Å². The zero-order valence-electron chi connectivity index (χ0n) is 10.7. The first-order valence-corrected chi connectivity index (χ1v) is 5.83. The second-order valence-corrected chi connectivity index (χ2v) is 4.60. The third-order valence-electron chi connectivity index (χ3n) is 3.51. The highest BCUT2D eigenvalue weighted by Gasteiger charge is 2.60. The van der Waals surface area contributed by atoms with Crippen molar-refractivity contribution in [1.82, 2.24) is 0 Å². The number of carbonyl (C=O) groups excluding carboxylic acids is 1. The number of ether oxygens (including phenoxy) is 1. The normalized spacial score (nSPS) is 21.4. The molecule has 110 valence electrons. The van der Waals surface area contributed by atoms with Crippen LogP contribution in [0.4, 0.5) is 5.69 Å². The van der Waals surface area contributed by atoms with E-state index in [0.29, 0.717) is 0 Å². The van der Waals surface area contributed by atoms with Crippen LogP contribution in [0.2, 0.25) is 0 Å². The van der Waals surface area contributed by atoms with Gasteiger partial charge in [-0.2, -0.15) is 0 Å². The molecule has 9 nitrogen and oxygen atoms in total. The lowest BCUT2D eigenvalue weighted by Gasteiger charge is -2.31. The Kier molecular flexibility index (Phi) is 3.43. The Bertz CT molecular complexity index is 645. The molecule has 1 aromatic carbocycles. The van der Waals surface area contributed by atoms with Crippen LogP contribution in [-0.2, 0) is 15.0 Å². The summed E-state index contributed by atoms with van der Waals surface area (Å²) < 4.78 is 4.90. The Morgan fingerprint density at radius 2 is 2.10 bits per heavy atom. The van der Waals surface area contributed by atoms with Crippen molar-refractivity contribution in [2.45, 2.75) is 12.4 Å². The molecule has 0 aromatic heterocycles. The molecule has 1 aliphatic heterocycles. The summed E-state index contributed by atoms with van der Waals surface area (Å²) in [6.45, 7) is 1.14. The predicted octanol–water partition coefficient (Wildman–Crippen LogP) is -0.307. The van der Waals surface area contributed by atoms with Crippen molar-refractivity contribution in [3.63, 3.8) is 0 Å². The van der Waals surface area contributed by atoms with Gasteiger partial charge in [-0.15, -0.1) is 0 Å². The Morgan fingerprint density at radius 1 is 1.48 bits per heavy atom. The van der Waals surface area contributed by atoms with Crippen LogP contribution in [0.5, 0.6) is 0 Å². The monoisotopic (exact) mass is 295 g/mol. The van der Waals surface area contributed by atoms with Gasteiger partial charge in [0.25, 0.3) is 5.69 Å². The molecule has 10 heteroatoms. The van der Waals surface area contributed by atoms with E-state index in [1.807, 2.05) is 0 Å². The summed E-state index contributed by atoms with van der Waals surface area (Å²) in [5.74, 6) is -3.93. The van der Waals surface area contributed by atoms with Gasteiger partial charge in [0.15, 0.2) is 5.50 Å². The fraction of sp³-hybridized carbons (Fsp3) is 0.273. The first-order chi connectivity index (χ1) is 9.71. The molecule has 0 bridgehead atoms. The Morgan fingerprint density at radius 3 is 2.57 bits per heavy atom. The maximum absolute atomic E-state index is 11.8. The SMILES string of the molecule is CC(C(=O)O)C1(B(O)O)OC(=O)c2cc([N+](=O)[O-])ccc21. The predicted molar refractivity (Wildman–Crippen MR) is 67.2 cm³/mol.